The molecule has 0 saturated carbocycles. The first kappa shape index (κ1) is 15.8. The van der Waals surface area contributed by atoms with Gasteiger partial charge >= 0.3 is 6.18 Å². The molecule has 22 heavy (non-hydrogen) atoms. The minimum Gasteiger partial charge on any atom is -0.398 e. The van der Waals surface area contributed by atoms with Crippen molar-refractivity contribution >= 4 is 5.69 Å². The zero-order valence-corrected chi connectivity index (χ0v) is 11.9. The van der Waals surface area contributed by atoms with Crippen LogP contribution < -0.4 is 5.73 Å². The van der Waals surface area contributed by atoms with Crippen molar-refractivity contribution in [2.45, 2.75) is 24.9 Å². The van der Waals surface area contributed by atoms with Gasteiger partial charge in [0.2, 0.25) is 0 Å². The molecule has 0 bridgehead atoms. The van der Waals surface area contributed by atoms with E-state index in [4.69, 9.17) is 5.73 Å². The average Bonchev–Trinajstić information content (AvgIpc) is 2.47. The topological polar surface area (TPSA) is 62.7 Å². The fourth-order valence-corrected chi connectivity index (χ4v) is 2.35. The highest BCUT2D eigenvalue weighted by Crippen LogP contribution is 2.36. The van der Waals surface area contributed by atoms with Gasteiger partial charge in [-0.1, -0.05) is 6.07 Å². The summed E-state index contributed by atoms with van der Waals surface area (Å²) in [5.41, 5.74) is 5.14. The van der Waals surface area contributed by atoms with Gasteiger partial charge < -0.3 is 5.73 Å². The number of hydrogen-bond acceptors (Lipinski definition) is 3. The lowest BCUT2D eigenvalue weighted by Gasteiger charge is -2.24. The first-order chi connectivity index (χ1) is 10.3. The van der Waals surface area contributed by atoms with E-state index in [9.17, 15) is 18.4 Å². The standard InChI is InChI=1S/C16H14F3N3/c1-15(10-20,9-11-4-6-22-7-5-11)13-3-2-12(8-14(13)21)16(17,18)19/h2-8H,9,21H2,1H3. The van der Waals surface area contributed by atoms with Crippen LogP contribution in [-0.2, 0) is 18.0 Å². The van der Waals surface area contributed by atoms with Crippen LogP contribution in [0.1, 0.15) is 23.6 Å². The Kier molecular flexibility index (Phi) is 4.09. The van der Waals surface area contributed by atoms with Crippen LogP contribution in [0, 0.1) is 11.3 Å². The Bertz CT molecular complexity index is 705. The quantitative estimate of drug-likeness (QED) is 0.879. The predicted octanol–water partition coefficient (Wildman–Crippen LogP) is 3.71. The number of anilines is 1. The summed E-state index contributed by atoms with van der Waals surface area (Å²) in [7, 11) is 0. The van der Waals surface area contributed by atoms with E-state index in [1.807, 2.05) is 0 Å². The van der Waals surface area contributed by atoms with Gasteiger partial charge in [-0.3, -0.25) is 4.98 Å². The molecule has 2 aromatic rings. The van der Waals surface area contributed by atoms with E-state index < -0.39 is 17.2 Å². The van der Waals surface area contributed by atoms with Gasteiger partial charge in [-0.05, 0) is 48.7 Å². The van der Waals surface area contributed by atoms with Gasteiger partial charge in [0.15, 0.2) is 0 Å². The van der Waals surface area contributed by atoms with Gasteiger partial charge in [0.05, 0.1) is 17.0 Å². The minimum absolute atomic E-state index is 0.0343. The smallest absolute Gasteiger partial charge is 0.398 e. The zero-order chi connectivity index (χ0) is 16.4. The lowest BCUT2D eigenvalue weighted by molar-refractivity contribution is -0.137. The number of nitrogens with zero attached hydrogens (tertiary/aromatic N) is 2. The number of nitrogens with two attached hydrogens (primary N) is 1. The molecule has 1 heterocycles. The van der Waals surface area contributed by atoms with Crippen LogP contribution in [0.25, 0.3) is 0 Å². The van der Waals surface area contributed by atoms with E-state index in [0.29, 0.717) is 12.0 Å². The number of nitriles is 1. The van der Waals surface area contributed by atoms with Crippen molar-refractivity contribution < 1.29 is 13.2 Å². The molecule has 2 N–H and O–H groups in total. The van der Waals surface area contributed by atoms with Crippen LogP contribution in [0.3, 0.4) is 0 Å². The van der Waals surface area contributed by atoms with Gasteiger partial charge in [0.25, 0.3) is 0 Å². The minimum atomic E-state index is -4.46. The highest BCUT2D eigenvalue weighted by atomic mass is 19.4. The van der Waals surface area contributed by atoms with Crippen LogP contribution in [-0.4, -0.2) is 4.98 Å². The number of pyridine rings is 1. The van der Waals surface area contributed by atoms with Crippen LogP contribution in [0.4, 0.5) is 18.9 Å². The second-order valence-corrected chi connectivity index (χ2v) is 5.28. The van der Waals surface area contributed by atoms with Gasteiger partial charge in [-0.15, -0.1) is 0 Å². The van der Waals surface area contributed by atoms with Crippen LogP contribution in [0.2, 0.25) is 0 Å². The Morgan fingerprint density at radius 3 is 2.32 bits per heavy atom. The Labute approximate surface area is 126 Å². The number of halogens is 3. The van der Waals surface area contributed by atoms with Crippen molar-refractivity contribution in [3.8, 4) is 6.07 Å². The summed E-state index contributed by atoms with van der Waals surface area (Å²) >= 11 is 0. The Hall–Kier alpha value is -2.55. The highest BCUT2D eigenvalue weighted by molar-refractivity contribution is 5.56. The molecule has 6 heteroatoms. The third-order valence-electron chi connectivity index (χ3n) is 3.53. The molecule has 1 unspecified atom stereocenters. The molecule has 3 nitrogen and oxygen atoms in total. The van der Waals surface area contributed by atoms with Gasteiger partial charge in [-0.25, -0.2) is 0 Å². The van der Waals surface area contributed by atoms with Gasteiger partial charge in [-0.2, -0.15) is 18.4 Å². The first-order valence-corrected chi connectivity index (χ1v) is 6.53. The van der Waals surface area contributed by atoms with Crippen LogP contribution in [0.15, 0.2) is 42.7 Å². The number of benzene rings is 1. The number of alkyl halides is 3. The second kappa shape index (κ2) is 5.68. The van der Waals surface area contributed by atoms with Crippen molar-refractivity contribution in [2.75, 3.05) is 5.73 Å². The molecule has 0 amide bonds. The largest absolute Gasteiger partial charge is 0.416 e. The van der Waals surface area contributed by atoms with E-state index in [2.05, 4.69) is 11.1 Å². The molecule has 114 valence electrons. The van der Waals surface area contributed by atoms with E-state index in [1.165, 1.54) is 6.07 Å². The van der Waals surface area contributed by atoms with E-state index >= 15 is 0 Å². The maximum atomic E-state index is 12.7. The van der Waals surface area contributed by atoms with Crippen LogP contribution >= 0.6 is 0 Å². The molecule has 0 saturated heterocycles. The third-order valence-corrected chi connectivity index (χ3v) is 3.53. The lowest BCUT2D eigenvalue weighted by atomic mass is 9.77. The fourth-order valence-electron chi connectivity index (χ4n) is 2.35. The van der Waals surface area contributed by atoms with Gasteiger partial charge in [0, 0.05) is 18.1 Å². The first-order valence-electron chi connectivity index (χ1n) is 6.53. The zero-order valence-electron chi connectivity index (χ0n) is 11.9. The van der Waals surface area contributed by atoms with E-state index in [0.717, 1.165) is 17.7 Å². The molecule has 0 aliphatic rings. The van der Waals surface area contributed by atoms with Crippen LogP contribution in [0.5, 0.6) is 0 Å². The summed E-state index contributed by atoms with van der Waals surface area (Å²) in [6.45, 7) is 1.66. The van der Waals surface area contributed by atoms with Gasteiger partial charge in [0.1, 0.15) is 0 Å². The SMILES string of the molecule is CC(C#N)(Cc1ccncc1)c1ccc(C(F)(F)F)cc1N. The molecule has 0 spiro atoms. The van der Waals surface area contributed by atoms with E-state index in [1.54, 1.807) is 31.5 Å². The summed E-state index contributed by atoms with van der Waals surface area (Å²) in [4.78, 5) is 3.90. The molecule has 1 atom stereocenters. The maximum Gasteiger partial charge on any atom is 0.416 e. The molecule has 1 aromatic carbocycles. The average molecular weight is 305 g/mol. The monoisotopic (exact) mass is 305 g/mol. The molecule has 0 fully saturated rings. The molecular weight excluding hydrogens is 291 g/mol. The molecule has 0 aliphatic heterocycles. The second-order valence-electron chi connectivity index (χ2n) is 5.28. The number of rotatable bonds is 3. The fraction of sp³-hybridized carbons (Fsp3) is 0.250. The Morgan fingerprint density at radius 2 is 1.82 bits per heavy atom. The van der Waals surface area contributed by atoms with Crippen molar-refractivity contribution in [1.82, 2.24) is 4.98 Å². The summed E-state index contributed by atoms with van der Waals surface area (Å²) in [5.74, 6) is 0. The van der Waals surface area contributed by atoms with Crippen molar-refractivity contribution in [2.24, 2.45) is 0 Å². The maximum absolute atomic E-state index is 12.7. The Balaban J connectivity index is 2.41. The summed E-state index contributed by atoms with van der Waals surface area (Å²) in [5, 5.41) is 9.51. The number of hydrogen-bond donors (Lipinski definition) is 1. The third kappa shape index (κ3) is 3.19. The van der Waals surface area contributed by atoms with E-state index in [-0.39, 0.29) is 5.69 Å². The van der Waals surface area contributed by atoms with Crippen molar-refractivity contribution in [1.29, 1.82) is 5.26 Å². The molecule has 0 aliphatic carbocycles. The summed E-state index contributed by atoms with van der Waals surface area (Å²) in [6.07, 6.45) is -0.922. The van der Waals surface area contributed by atoms with Crippen molar-refractivity contribution in [3.05, 3.63) is 59.4 Å². The lowest BCUT2D eigenvalue weighted by Crippen LogP contribution is -2.24. The predicted molar refractivity (Wildman–Crippen MR) is 76.8 cm³/mol. The van der Waals surface area contributed by atoms with Crippen molar-refractivity contribution in [3.63, 3.8) is 0 Å². The normalized spacial score (nSPS) is 14.1. The Morgan fingerprint density at radius 1 is 1.18 bits per heavy atom. The molecule has 2 rings (SSSR count). The molecule has 1 aromatic heterocycles. The molecule has 0 radical (unpaired) electrons. The number of nitrogen functional groups attached to an aromatic ring is 1. The number of aromatic nitrogens is 1. The summed E-state index contributed by atoms with van der Waals surface area (Å²) in [6, 6.07) is 8.79. The summed E-state index contributed by atoms with van der Waals surface area (Å²) < 4.78 is 38.1. The molecular formula is C16H14F3N3. The highest BCUT2D eigenvalue weighted by Gasteiger charge is 2.34.